The van der Waals surface area contributed by atoms with Gasteiger partial charge in [-0.25, -0.2) is 4.79 Å². The van der Waals surface area contributed by atoms with Crippen LogP contribution in [0.1, 0.15) is 26.3 Å². The van der Waals surface area contributed by atoms with Crippen LogP contribution in [-0.2, 0) is 16.1 Å². The highest BCUT2D eigenvalue weighted by atomic mass is 16.6. The highest BCUT2D eigenvalue weighted by Gasteiger charge is 2.15. The molecule has 0 atom stereocenters. The van der Waals surface area contributed by atoms with Gasteiger partial charge in [0.05, 0.1) is 6.61 Å². The van der Waals surface area contributed by atoms with E-state index in [2.05, 4.69) is 10.6 Å². The number of carbonyl (C=O) groups excluding carboxylic acids is 1. The molecule has 1 amide bonds. The topological polar surface area (TPSA) is 59.6 Å². The second kappa shape index (κ2) is 7.75. The van der Waals surface area contributed by atoms with Gasteiger partial charge in [-0.1, -0.05) is 12.1 Å². The molecule has 1 aromatic rings. The number of rotatable bonds is 6. The third-order valence-corrected chi connectivity index (χ3v) is 2.36. The van der Waals surface area contributed by atoms with Gasteiger partial charge in [-0.3, -0.25) is 0 Å². The number of methoxy groups -OCH3 is 1. The summed E-state index contributed by atoms with van der Waals surface area (Å²) in [5, 5.41) is 5.94. The van der Waals surface area contributed by atoms with Crippen LogP contribution < -0.4 is 10.6 Å². The van der Waals surface area contributed by atoms with E-state index in [-0.39, 0.29) is 0 Å². The predicted molar refractivity (Wildman–Crippen MR) is 79.9 cm³/mol. The number of alkyl carbamates (subject to hydrolysis) is 1. The smallest absolute Gasteiger partial charge is 0.407 e. The first-order valence-corrected chi connectivity index (χ1v) is 6.69. The van der Waals surface area contributed by atoms with Gasteiger partial charge in [0.1, 0.15) is 5.60 Å². The van der Waals surface area contributed by atoms with Crippen LogP contribution in [0.15, 0.2) is 24.3 Å². The maximum absolute atomic E-state index is 11.4. The van der Waals surface area contributed by atoms with Gasteiger partial charge < -0.3 is 20.1 Å². The van der Waals surface area contributed by atoms with Crippen molar-refractivity contribution >= 4 is 11.8 Å². The predicted octanol–water partition coefficient (Wildman–Crippen LogP) is 2.77. The number of hydrogen-bond acceptors (Lipinski definition) is 4. The third-order valence-electron chi connectivity index (χ3n) is 2.36. The van der Waals surface area contributed by atoms with Crippen molar-refractivity contribution in [2.75, 3.05) is 25.5 Å². The average Bonchev–Trinajstić information content (AvgIpc) is 2.33. The Morgan fingerprint density at radius 3 is 2.65 bits per heavy atom. The van der Waals surface area contributed by atoms with Crippen LogP contribution in [0.3, 0.4) is 0 Å². The van der Waals surface area contributed by atoms with E-state index in [9.17, 15) is 4.79 Å². The summed E-state index contributed by atoms with van der Waals surface area (Å²) in [4.78, 5) is 11.4. The van der Waals surface area contributed by atoms with Crippen molar-refractivity contribution in [1.29, 1.82) is 0 Å². The highest BCUT2D eigenvalue weighted by Crippen LogP contribution is 2.11. The Kier molecular flexibility index (Phi) is 6.31. The molecule has 0 aliphatic heterocycles. The van der Waals surface area contributed by atoms with E-state index in [1.807, 2.05) is 45.0 Å². The van der Waals surface area contributed by atoms with Gasteiger partial charge in [0.15, 0.2) is 0 Å². The molecule has 0 saturated carbocycles. The van der Waals surface area contributed by atoms with E-state index in [0.29, 0.717) is 19.7 Å². The van der Waals surface area contributed by atoms with Crippen LogP contribution in [0.25, 0.3) is 0 Å². The van der Waals surface area contributed by atoms with Crippen molar-refractivity contribution in [2.24, 2.45) is 0 Å². The fraction of sp³-hybridized carbons (Fsp3) is 0.533. The highest BCUT2D eigenvalue weighted by molar-refractivity contribution is 5.67. The molecule has 0 spiro atoms. The third kappa shape index (κ3) is 6.99. The lowest BCUT2D eigenvalue weighted by Gasteiger charge is -2.19. The van der Waals surface area contributed by atoms with Gasteiger partial charge in [0.2, 0.25) is 0 Å². The standard InChI is InChI=1S/C15H24N2O3/c1-15(2,3)20-14(18)17-9-8-16-13-7-5-6-12(10-13)11-19-4/h5-7,10,16H,8-9,11H2,1-4H3,(H,17,18). The molecule has 2 N–H and O–H groups in total. The van der Waals surface area contributed by atoms with Gasteiger partial charge in [0, 0.05) is 25.9 Å². The van der Waals surface area contributed by atoms with E-state index in [4.69, 9.17) is 9.47 Å². The van der Waals surface area contributed by atoms with Crippen molar-refractivity contribution in [3.8, 4) is 0 Å². The number of amides is 1. The zero-order valence-electron chi connectivity index (χ0n) is 12.7. The molecule has 0 fully saturated rings. The first-order valence-electron chi connectivity index (χ1n) is 6.69. The first-order chi connectivity index (χ1) is 9.40. The molecular weight excluding hydrogens is 256 g/mol. The number of anilines is 1. The average molecular weight is 280 g/mol. The van der Waals surface area contributed by atoms with Crippen LogP contribution in [0.5, 0.6) is 0 Å². The van der Waals surface area contributed by atoms with Crippen molar-refractivity contribution in [3.05, 3.63) is 29.8 Å². The van der Waals surface area contributed by atoms with Crippen LogP contribution in [0.2, 0.25) is 0 Å². The summed E-state index contributed by atoms with van der Waals surface area (Å²) >= 11 is 0. The summed E-state index contributed by atoms with van der Waals surface area (Å²) in [6, 6.07) is 7.98. The molecule has 5 nitrogen and oxygen atoms in total. The van der Waals surface area contributed by atoms with E-state index >= 15 is 0 Å². The normalized spacial score (nSPS) is 11.0. The molecule has 0 aliphatic carbocycles. The lowest BCUT2D eigenvalue weighted by molar-refractivity contribution is 0.0530. The SMILES string of the molecule is COCc1cccc(NCCNC(=O)OC(C)(C)C)c1. The molecule has 5 heteroatoms. The second-order valence-electron chi connectivity index (χ2n) is 5.49. The summed E-state index contributed by atoms with van der Waals surface area (Å²) < 4.78 is 10.2. The lowest BCUT2D eigenvalue weighted by Crippen LogP contribution is -2.34. The number of nitrogens with one attached hydrogen (secondary N) is 2. The minimum atomic E-state index is -0.466. The fourth-order valence-corrected chi connectivity index (χ4v) is 1.62. The number of hydrogen-bond donors (Lipinski definition) is 2. The molecule has 0 aliphatic rings. The molecule has 0 bridgehead atoms. The summed E-state index contributed by atoms with van der Waals surface area (Å²) in [6.45, 7) is 7.25. The van der Waals surface area contributed by atoms with Crippen molar-refractivity contribution in [3.63, 3.8) is 0 Å². The van der Waals surface area contributed by atoms with Gasteiger partial charge in [-0.15, -0.1) is 0 Å². The van der Waals surface area contributed by atoms with Crippen molar-refractivity contribution in [1.82, 2.24) is 5.32 Å². The number of ether oxygens (including phenoxy) is 2. The molecule has 0 unspecified atom stereocenters. The quantitative estimate of drug-likeness (QED) is 0.787. The molecule has 1 aromatic carbocycles. The van der Waals surface area contributed by atoms with Gasteiger partial charge >= 0.3 is 6.09 Å². The van der Waals surface area contributed by atoms with E-state index in [1.165, 1.54) is 0 Å². The maximum atomic E-state index is 11.4. The Morgan fingerprint density at radius 2 is 2.00 bits per heavy atom. The van der Waals surface area contributed by atoms with Crippen LogP contribution in [0, 0.1) is 0 Å². The summed E-state index contributed by atoms with van der Waals surface area (Å²) in [6.07, 6.45) is -0.396. The minimum absolute atomic E-state index is 0.396. The van der Waals surface area contributed by atoms with Gasteiger partial charge in [-0.05, 0) is 38.5 Å². The zero-order valence-corrected chi connectivity index (χ0v) is 12.7. The van der Waals surface area contributed by atoms with E-state index in [1.54, 1.807) is 7.11 Å². The van der Waals surface area contributed by atoms with Crippen LogP contribution in [0.4, 0.5) is 10.5 Å². The zero-order chi connectivity index (χ0) is 15.0. The molecule has 20 heavy (non-hydrogen) atoms. The molecule has 1 rings (SSSR count). The monoisotopic (exact) mass is 280 g/mol. The first kappa shape index (κ1) is 16.3. The second-order valence-corrected chi connectivity index (χ2v) is 5.49. The van der Waals surface area contributed by atoms with Crippen LogP contribution >= 0.6 is 0 Å². The molecule has 0 saturated heterocycles. The summed E-state index contributed by atoms with van der Waals surface area (Å²) in [7, 11) is 1.67. The van der Waals surface area contributed by atoms with E-state index < -0.39 is 11.7 Å². The minimum Gasteiger partial charge on any atom is -0.444 e. The molecular formula is C15H24N2O3. The lowest BCUT2D eigenvalue weighted by atomic mass is 10.2. The fourth-order valence-electron chi connectivity index (χ4n) is 1.62. The Bertz CT molecular complexity index is 427. The molecule has 0 aromatic heterocycles. The number of carbonyl (C=O) groups is 1. The number of benzene rings is 1. The van der Waals surface area contributed by atoms with Gasteiger partial charge in [0.25, 0.3) is 0 Å². The Hall–Kier alpha value is -1.75. The Morgan fingerprint density at radius 1 is 1.25 bits per heavy atom. The van der Waals surface area contributed by atoms with Crippen molar-refractivity contribution in [2.45, 2.75) is 33.0 Å². The molecule has 0 radical (unpaired) electrons. The maximum Gasteiger partial charge on any atom is 0.407 e. The van der Waals surface area contributed by atoms with Crippen LogP contribution in [-0.4, -0.2) is 31.9 Å². The van der Waals surface area contributed by atoms with E-state index in [0.717, 1.165) is 11.3 Å². The Balaban J connectivity index is 2.27. The molecule has 112 valence electrons. The van der Waals surface area contributed by atoms with Crippen molar-refractivity contribution < 1.29 is 14.3 Å². The van der Waals surface area contributed by atoms with Gasteiger partial charge in [-0.2, -0.15) is 0 Å². The Labute approximate surface area is 120 Å². The largest absolute Gasteiger partial charge is 0.444 e. The summed E-state index contributed by atoms with van der Waals surface area (Å²) in [5.41, 5.74) is 1.65. The molecule has 0 heterocycles. The summed E-state index contributed by atoms with van der Waals surface area (Å²) in [5.74, 6) is 0.